The van der Waals surface area contributed by atoms with Crippen molar-refractivity contribution in [3.63, 3.8) is 0 Å². The molecule has 1 N–H and O–H groups in total. The SMILES string of the molecule is Cc1cc(C(=O)O)nc(N(CC(C)C)C2CC2)n1. The minimum atomic E-state index is -0.998. The first-order valence-corrected chi connectivity index (χ1v) is 6.33. The van der Waals surface area contributed by atoms with E-state index in [1.165, 1.54) is 6.07 Å². The second-order valence-electron chi connectivity index (χ2n) is 5.28. The van der Waals surface area contributed by atoms with Gasteiger partial charge in [-0.15, -0.1) is 0 Å². The van der Waals surface area contributed by atoms with Gasteiger partial charge in [0.15, 0.2) is 5.69 Å². The summed E-state index contributed by atoms with van der Waals surface area (Å²) in [5, 5.41) is 9.04. The standard InChI is InChI=1S/C13H19N3O2/c1-8(2)7-16(10-4-5-10)13-14-9(3)6-11(15-13)12(17)18/h6,8,10H,4-5,7H2,1-3H3,(H,17,18). The van der Waals surface area contributed by atoms with Crippen LogP contribution in [0.2, 0.25) is 0 Å². The van der Waals surface area contributed by atoms with E-state index in [0.29, 0.717) is 23.6 Å². The van der Waals surface area contributed by atoms with E-state index in [-0.39, 0.29) is 5.69 Å². The summed E-state index contributed by atoms with van der Waals surface area (Å²) >= 11 is 0. The normalized spacial score (nSPS) is 14.9. The van der Waals surface area contributed by atoms with Crippen LogP contribution in [0.1, 0.15) is 42.9 Å². The van der Waals surface area contributed by atoms with Crippen molar-refractivity contribution in [3.05, 3.63) is 17.5 Å². The Morgan fingerprint density at radius 3 is 2.67 bits per heavy atom. The predicted molar refractivity (Wildman–Crippen MR) is 68.9 cm³/mol. The van der Waals surface area contributed by atoms with Crippen molar-refractivity contribution in [1.82, 2.24) is 9.97 Å². The van der Waals surface area contributed by atoms with Crippen LogP contribution in [0.5, 0.6) is 0 Å². The quantitative estimate of drug-likeness (QED) is 0.865. The van der Waals surface area contributed by atoms with Crippen molar-refractivity contribution in [2.24, 2.45) is 5.92 Å². The third-order valence-corrected chi connectivity index (χ3v) is 2.87. The molecular weight excluding hydrogens is 230 g/mol. The highest BCUT2D eigenvalue weighted by Gasteiger charge is 2.31. The Morgan fingerprint density at radius 1 is 1.50 bits per heavy atom. The number of aromatic nitrogens is 2. The molecule has 1 fully saturated rings. The molecule has 0 spiro atoms. The highest BCUT2D eigenvalue weighted by atomic mass is 16.4. The monoisotopic (exact) mass is 249 g/mol. The van der Waals surface area contributed by atoms with E-state index in [1.807, 2.05) is 0 Å². The molecule has 0 saturated heterocycles. The average Bonchev–Trinajstić information content (AvgIpc) is 3.08. The lowest BCUT2D eigenvalue weighted by atomic mass is 10.2. The number of rotatable bonds is 5. The Balaban J connectivity index is 2.31. The molecule has 1 saturated carbocycles. The van der Waals surface area contributed by atoms with Crippen LogP contribution in [0.15, 0.2) is 6.07 Å². The molecule has 1 aromatic heterocycles. The molecule has 18 heavy (non-hydrogen) atoms. The van der Waals surface area contributed by atoms with Crippen LogP contribution in [0.25, 0.3) is 0 Å². The van der Waals surface area contributed by atoms with Crippen LogP contribution in [0.4, 0.5) is 5.95 Å². The number of nitrogens with zero attached hydrogens (tertiary/aromatic N) is 3. The molecule has 1 heterocycles. The van der Waals surface area contributed by atoms with Crippen molar-refractivity contribution < 1.29 is 9.90 Å². The van der Waals surface area contributed by atoms with Crippen LogP contribution in [-0.2, 0) is 0 Å². The van der Waals surface area contributed by atoms with Crippen molar-refractivity contribution in [2.75, 3.05) is 11.4 Å². The summed E-state index contributed by atoms with van der Waals surface area (Å²) in [4.78, 5) is 21.7. The zero-order chi connectivity index (χ0) is 13.3. The minimum absolute atomic E-state index is 0.0758. The zero-order valence-corrected chi connectivity index (χ0v) is 11.1. The van der Waals surface area contributed by atoms with Crippen LogP contribution < -0.4 is 4.90 Å². The van der Waals surface area contributed by atoms with Crippen molar-refractivity contribution in [2.45, 2.75) is 39.7 Å². The summed E-state index contributed by atoms with van der Waals surface area (Å²) in [6.45, 7) is 6.96. The molecule has 0 amide bonds. The van der Waals surface area contributed by atoms with Gasteiger partial charge < -0.3 is 10.0 Å². The van der Waals surface area contributed by atoms with Gasteiger partial charge in [-0.1, -0.05) is 13.8 Å². The summed E-state index contributed by atoms with van der Waals surface area (Å²) < 4.78 is 0. The van der Waals surface area contributed by atoms with Crippen LogP contribution in [0, 0.1) is 12.8 Å². The molecule has 2 rings (SSSR count). The number of hydrogen-bond donors (Lipinski definition) is 1. The van der Waals surface area contributed by atoms with Gasteiger partial charge in [0.1, 0.15) is 0 Å². The number of hydrogen-bond acceptors (Lipinski definition) is 4. The molecule has 5 heteroatoms. The number of carboxylic acid groups (broad SMARTS) is 1. The van der Waals surface area contributed by atoms with Crippen LogP contribution >= 0.6 is 0 Å². The van der Waals surface area contributed by atoms with Gasteiger partial charge in [-0.3, -0.25) is 0 Å². The molecule has 0 aromatic carbocycles. The number of carbonyl (C=O) groups is 1. The highest BCUT2D eigenvalue weighted by molar-refractivity contribution is 5.85. The topological polar surface area (TPSA) is 66.3 Å². The van der Waals surface area contributed by atoms with E-state index in [1.54, 1.807) is 6.92 Å². The lowest BCUT2D eigenvalue weighted by Gasteiger charge is -2.24. The van der Waals surface area contributed by atoms with Crippen molar-refractivity contribution >= 4 is 11.9 Å². The average molecular weight is 249 g/mol. The number of carboxylic acids is 1. The Kier molecular flexibility index (Phi) is 3.50. The zero-order valence-electron chi connectivity index (χ0n) is 11.1. The second kappa shape index (κ2) is 4.92. The van der Waals surface area contributed by atoms with Crippen LogP contribution in [0.3, 0.4) is 0 Å². The maximum absolute atomic E-state index is 11.0. The summed E-state index contributed by atoms with van der Waals surface area (Å²) in [7, 11) is 0. The van der Waals surface area contributed by atoms with E-state index in [2.05, 4.69) is 28.7 Å². The largest absolute Gasteiger partial charge is 0.477 e. The minimum Gasteiger partial charge on any atom is -0.477 e. The highest BCUT2D eigenvalue weighted by Crippen LogP contribution is 2.30. The first-order valence-electron chi connectivity index (χ1n) is 6.33. The molecule has 1 aliphatic carbocycles. The third-order valence-electron chi connectivity index (χ3n) is 2.87. The van der Waals surface area contributed by atoms with E-state index < -0.39 is 5.97 Å². The van der Waals surface area contributed by atoms with Gasteiger partial charge in [0.05, 0.1) is 0 Å². The number of aromatic carboxylic acids is 1. The Labute approximate surface area is 107 Å². The fraction of sp³-hybridized carbons (Fsp3) is 0.615. The van der Waals surface area contributed by atoms with E-state index in [4.69, 9.17) is 5.11 Å². The first kappa shape index (κ1) is 12.8. The smallest absolute Gasteiger partial charge is 0.354 e. The summed E-state index contributed by atoms with van der Waals surface area (Å²) in [5.41, 5.74) is 0.777. The lowest BCUT2D eigenvalue weighted by Crippen LogP contribution is -2.32. The van der Waals surface area contributed by atoms with Gasteiger partial charge in [0.25, 0.3) is 0 Å². The van der Waals surface area contributed by atoms with Crippen molar-refractivity contribution in [3.8, 4) is 0 Å². The van der Waals surface area contributed by atoms with Gasteiger partial charge in [0.2, 0.25) is 5.95 Å². The van der Waals surface area contributed by atoms with Crippen molar-refractivity contribution in [1.29, 1.82) is 0 Å². The van der Waals surface area contributed by atoms with Crippen LogP contribution in [-0.4, -0.2) is 33.6 Å². The first-order chi connectivity index (χ1) is 8.47. The Bertz CT molecular complexity index is 456. The van der Waals surface area contributed by atoms with E-state index in [0.717, 1.165) is 19.4 Å². The number of aryl methyl sites for hydroxylation is 1. The van der Waals surface area contributed by atoms with Gasteiger partial charge in [-0.25, -0.2) is 14.8 Å². The summed E-state index contributed by atoms with van der Waals surface area (Å²) in [6, 6.07) is 1.99. The van der Waals surface area contributed by atoms with E-state index >= 15 is 0 Å². The Hall–Kier alpha value is -1.65. The van der Waals surface area contributed by atoms with E-state index in [9.17, 15) is 4.79 Å². The van der Waals surface area contributed by atoms with Gasteiger partial charge >= 0.3 is 5.97 Å². The summed E-state index contributed by atoms with van der Waals surface area (Å²) in [6.07, 6.45) is 2.29. The number of anilines is 1. The molecule has 98 valence electrons. The summed E-state index contributed by atoms with van der Waals surface area (Å²) in [5.74, 6) is 0.0636. The fourth-order valence-corrected chi connectivity index (χ4v) is 1.96. The molecule has 0 radical (unpaired) electrons. The predicted octanol–water partition coefficient (Wildman–Crippen LogP) is 2.11. The molecule has 0 aliphatic heterocycles. The molecule has 5 nitrogen and oxygen atoms in total. The van der Waals surface area contributed by atoms with Gasteiger partial charge in [0, 0.05) is 18.3 Å². The van der Waals surface area contributed by atoms with Gasteiger partial charge in [-0.05, 0) is 31.7 Å². The third kappa shape index (κ3) is 2.97. The molecule has 0 atom stereocenters. The molecule has 0 bridgehead atoms. The molecule has 1 aromatic rings. The molecular formula is C13H19N3O2. The van der Waals surface area contributed by atoms with Gasteiger partial charge in [-0.2, -0.15) is 0 Å². The fourth-order valence-electron chi connectivity index (χ4n) is 1.96. The maximum Gasteiger partial charge on any atom is 0.354 e. The molecule has 0 unspecified atom stereocenters. The Morgan fingerprint density at radius 2 is 2.17 bits per heavy atom. The molecule has 1 aliphatic rings. The second-order valence-corrected chi connectivity index (χ2v) is 5.28. The maximum atomic E-state index is 11.0. The lowest BCUT2D eigenvalue weighted by molar-refractivity contribution is 0.0690.